The lowest BCUT2D eigenvalue weighted by Crippen LogP contribution is -2.14. The number of aromatic nitrogens is 2. The number of nitro benzene ring substituents is 1. The number of nitrogens with one attached hydrogen (secondary N) is 1. The van der Waals surface area contributed by atoms with Gasteiger partial charge in [0.1, 0.15) is 5.75 Å². The second-order valence-electron chi connectivity index (χ2n) is 6.89. The zero-order valence-electron chi connectivity index (χ0n) is 16.8. The van der Waals surface area contributed by atoms with Crippen molar-refractivity contribution in [3.05, 3.63) is 88.1 Å². The molecule has 0 aliphatic heterocycles. The van der Waals surface area contributed by atoms with Crippen LogP contribution in [-0.2, 0) is 0 Å². The lowest BCUT2D eigenvalue weighted by atomic mass is 10.0. The number of amides is 1. The molecule has 0 aliphatic rings. The molecule has 0 unspecified atom stereocenters. The summed E-state index contributed by atoms with van der Waals surface area (Å²) in [5.41, 5.74) is 3.23. The summed E-state index contributed by atoms with van der Waals surface area (Å²) in [7, 11) is 1.43. The van der Waals surface area contributed by atoms with Gasteiger partial charge in [0.05, 0.1) is 40.2 Å². The maximum Gasteiger partial charge on any atom is 0.271 e. The van der Waals surface area contributed by atoms with Crippen molar-refractivity contribution in [3.63, 3.8) is 0 Å². The molecule has 0 bridgehead atoms. The van der Waals surface area contributed by atoms with Crippen molar-refractivity contribution in [3.8, 4) is 17.1 Å². The molecule has 1 amide bonds. The van der Waals surface area contributed by atoms with Crippen molar-refractivity contribution in [2.75, 3.05) is 12.4 Å². The first kappa shape index (κ1) is 20.0. The molecule has 0 radical (unpaired) electrons. The summed E-state index contributed by atoms with van der Waals surface area (Å²) < 4.78 is 5.26. The lowest BCUT2D eigenvalue weighted by Gasteiger charge is -2.13. The van der Waals surface area contributed by atoms with Crippen molar-refractivity contribution in [2.45, 2.75) is 6.92 Å². The molecule has 31 heavy (non-hydrogen) atoms. The number of aryl methyl sites for hydroxylation is 1. The van der Waals surface area contributed by atoms with Crippen LogP contribution in [0.1, 0.15) is 15.9 Å². The average molecular weight is 414 g/mol. The lowest BCUT2D eigenvalue weighted by molar-refractivity contribution is -0.384. The van der Waals surface area contributed by atoms with E-state index in [1.54, 1.807) is 18.3 Å². The number of carbonyl (C=O) groups excluding carboxylic acids is 1. The zero-order chi connectivity index (χ0) is 22.0. The highest BCUT2D eigenvalue weighted by molar-refractivity contribution is 6.13. The highest BCUT2D eigenvalue weighted by atomic mass is 16.6. The van der Waals surface area contributed by atoms with Gasteiger partial charge in [-0.15, -0.1) is 0 Å². The third-order valence-electron chi connectivity index (χ3n) is 4.78. The number of nitro groups is 1. The third-order valence-corrected chi connectivity index (χ3v) is 4.78. The largest absolute Gasteiger partial charge is 0.495 e. The van der Waals surface area contributed by atoms with Crippen LogP contribution >= 0.6 is 0 Å². The van der Waals surface area contributed by atoms with Crippen LogP contribution < -0.4 is 10.1 Å². The minimum atomic E-state index is -0.528. The number of carbonyl (C=O) groups is 1. The summed E-state index contributed by atoms with van der Waals surface area (Å²) in [6, 6.07) is 16.8. The van der Waals surface area contributed by atoms with Crippen molar-refractivity contribution >= 4 is 28.2 Å². The first-order chi connectivity index (χ1) is 15.0. The fraction of sp³-hybridized carbons (Fsp3) is 0.0870. The molecule has 2 aromatic heterocycles. The van der Waals surface area contributed by atoms with Gasteiger partial charge >= 0.3 is 0 Å². The Hall–Kier alpha value is -4.33. The van der Waals surface area contributed by atoms with Crippen LogP contribution in [-0.4, -0.2) is 27.9 Å². The first-order valence-corrected chi connectivity index (χ1v) is 9.43. The average Bonchev–Trinajstić information content (AvgIpc) is 2.78. The number of anilines is 1. The van der Waals surface area contributed by atoms with E-state index >= 15 is 0 Å². The molecule has 154 valence electrons. The van der Waals surface area contributed by atoms with Gasteiger partial charge < -0.3 is 10.1 Å². The Morgan fingerprint density at radius 3 is 2.61 bits per heavy atom. The molecule has 8 heteroatoms. The van der Waals surface area contributed by atoms with Gasteiger partial charge in [-0.2, -0.15) is 0 Å². The molecule has 0 saturated heterocycles. The summed E-state index contributed by atoms with van der Waals surface area (Å²) in [6.45, 7) is 1.93. The van der Waals surface area contributed by atoms with Gasteiger partial charge in [-0.1, -0.05) is 17.7 Å². The zero-order valence-corrected chi connectivity index (χ0v) is 16.8. The number of fused-ring (bicyclic) bond motifs is 1. The standard InChI is InChI=1S/C23H18N4O4/c1-14-6-8-18-16(11-14)17(13-20(25-18)19-5-3-4-10-24-19)23(28)26-21-12-15(27(29)30)7-9-22(21)31-2/h3-13H,1-2H3,(H,26,28). The summed E-state index contributed by atoms with van der Waals surface area (Å²) >= 11 is 0. The number of hydrogen-bond acceptors (Lipinski definition) is 6. The van der Waals surface area contributed by atoms with E-state index in [0.717, 1.165) is 5.56 Å². The predicted molar refractivity (Wildman–Crippen MR) is 117 cm³/mol. The molecule has 4 aromatic rings. The van der Waals surface area contributed by atoms with E-state index in [4.69, 9.17) is 4.74 Å². The van der Waals surface area contributed by atoms with Crippen LogP contribution in [0.15, 0.2) is 66.9 Å². The second-order valence-corrected chi connectivity index (χ2v) is 6.89. The molecule has 8 nitrogen and oxygen atoms in total. The van der Waals surface area contributed by atoms with E-state index < -0.39 is 10.8 Å². The topological polar surface area (TPSA) is 107 Å². The highest BCUT2D eigenvalue weighted by Gasteiger charge is 2.18. The SMILES string of the molecule is COc1ccc([N+](=O)[O-])cc1NC(=O)c1cc(-c2ccccn2)nc2ccc(C)cc12. The molecule has 2 aromatic carbocycles. The molecular weight excluding hydrogens is 396 g/mol. The maximum atomic E-state index is 13.3. The fourth-order valence-corrected chi connectivity index (χ4v) is 3.27. The van der Waals surface area contributed by atoms with Gasteiger partial charge in [0.15, 0.2) is 0 Å². The number of non-ortho nitro benzene ring substituents is 1. The first-order valence-electron chi connectivity index (χ1n) is 9.43. The Morgan fingerprint density at radius 2 is 1.90 bits per heavy atom. The van der Waals surface area contributed by atoms with E-state index in [1.165, 1.54) is 25.3 Å². The van der Waals surface area contributed by atoms with Gasteiger partial charge in [0, 0.05) is 23.7 Å². The van der Waals surface area contributed by atoms with E-state index in [0.29, 0.717) is 33.6 Å². The summed E-state index contributed by atoms with van der Waals surface area (Å²) in [6.07, 6.45) is 1.66. The molecule has 1 N–H and O–H groups in total. The molecule has 4 rings (SSSR count). The summed E-state index contributed by atoms with van der Waals surface area (Å²) in [4.78, 5) is 32.9. The molecule has 0 spiro atoms. The molecular formula is C23H18N4O4. The molecule has 0 aliphatic carbocycles. The van der Waals surface area contributed by atoms with Gasteiger partial charge in [-0.3, -0.25) is 19.9 Å². The Morgan fingerprint density at radius 1 is 1.06 bits per heavy atom. The monoisotopic (exact) mass is 414 g/mol. The number of nitrogens with zero attached hydrogens (tertiary/aromatic N) is 3. The van der Waals surface area contributed by atoms with Crippen molar-refractivity contribution < 1.29 is 14.5 Å². The number of methoxy groups -OCH3 is 1. The van der Waals surface area contributed by atoms with Crippen molar-refractivity contribution in [1.29, 1.82) is 0 Å². The van der Waals surface area contributed by atoms with Gasteiger partial charge in [-0.05, 0) is 43.3 Å². The van der Waals surface area contributed by atoms with Crippen molar-refractivity contribution in [1.82, 2.24) is 9.97 Å². The van der Waals surface area contributed by atoms with Gasteiger partial charge in [0.25, 0.3) is 11.6 Å². The fourth-order valence-electron chi connectivity index (χ4n) is 3.27. The van der Waals surface area contributed by atoms with Crippen LogP contribution in [0.3, 0.4) is 0 Å². The Balaban J connectivity index is 1.83. The minimum Gasteiger partial charge on any atom is -0.495 e. The normalized spacial score (nSPS) is 10.6. The Bertz CT molecular complexity index is 1310. The summed E-state index contributed by atoms with van der Waals surface area (Å²) in [5, 5.41) is 14.6. The number of rotatable bonds is 5. The Kier molecular flexibility index (Phi) is 5.28. The highest BCUT2D eigenvalue weighted by Crippen LogP contribution is 2.31. The number of ether oxygens (including phenoxy) is 1. The molecule has 2 heterocycles. The third kappa shape index (κ3) is 4.04. The molecule has 0 saturated carbocycles. The Labute approximate surface area is 177 Å². The van der Waals surface area contributed by atoms with E-state index in [9.17, 15) is 14.9 Å². The summed E-state index contributed by atoms with van der Waals surface area (Å²) in [5.74, 6) is -0.118. The second kappa shape index (κ2) is 8.19. The van der Waals surface area contributed by atoms with E-state index in [2.05, 4.69) is 15.3 Å². The van der Waals surface area contributed by atoms with Crippen LogP contribution in [0.25, 0.3) is 22.3 Å². The van der Waals surface area contributed by atoms with Crippen LogP contribution in [0.5, 0.6) is 5.75 Å². The van der Waals surface area contributed by atoms with Gasteiger partial charge in [0.2, 0.25) is 0 Å². The smallest absolute Gasteiger partial charge is 0.271 e. The van der Waals surface area contributed by atoms with E-state index in [1.807, 2.05) is 37.3 Å². The van der Waals surface area contributed by atoms with E-state index in [-0.39, 0.29) is 11.4 Å². The molecule has 0 atom stereocenters. The number of pyridine rings is 2. The van der Waals surface area contributed by atoms with Crippen LogP contribution in [0, 0.1) is 17.0 Å². The predicted octanol–water partition coefficient (Wildman–Crippen LogP) is 4.77. The van der Waals surface area contributed by atoms with Gasteiger partial charge in [-0.25, -0.2) is 4.98 Å². The van der Waals surface area contributed by atoms with Crippen LogP contribution in [0.2, 0.25) is 0 Å². The maximum absolute atomic E-state index is 13.3. The number of benzene rings is 2. The molecule has 0 fully saturated rings. The van der Waals surface area contributed by atoms with Crippen molar-refractivity contribution in [2.24, 2.45) is 0 Å². The minimum absolute atomic E-state index is 0.152. The van der Waals surface area contributed by atoms with Crippen LogP contribution in [0.4, 0.5) is 11.4 Å². The quantitative estimate of drug-likeness (QED) is 0.372. The number of hydrogen-bond donors (Lipinski definition) is 1.